The van der Waals surface area contributed by atoms with Gasteiger partial charge in [-0.05, 0) is 24.7 Å². The van der Waals surface area contributed by atoms with Gasteiger partial charge in [0, 0.05) is 6.54 Å². The van der Waals surface area contributed by atoms with E-state index in [9.17, 15) is 4.79 Å². The van der Waals surface area contributed by atoms with Gasteiger partial charge in [-0.2, -0.15) is 0 Å². The zero-order valence-electron chi connectivity index (χ0n) is 10.8. The van der Waals surface area contributed by atoms with Gasteiger partial charge in [-0.25, -0.2) is 0 Å². The van der Waals surface area contributed by atoms with E-state index in [-0.39, 0.29) is 11.3 Å². The Balaban J connectivity index is 2.80. The first-order valence-electron chi connectivity index (χ1n) is 6.19. The van der Waals surface area contributed by atoms with Gasteiger partial charge in [-0.3, -0.25) is 4.79 Å². The Morgan fingerprint density at radius 2 is 1.94 bits per heavy atom. The Morgan fingerprint density at radius 1 is 1.29 bits per heavy atom. The fourth-order valence-electron chi connectivity index (χ4n) is 1.80. The molecule has 0 aliphatic heterocycles. The highest BCUT2D eigenvalue weighted by atomic mass is 32.2. The average Bonchev–Trinajstić information content (AvgIpc) is 2.36. The third kappa shape index (κ3) is 4.08. The van der Waals surface area contributed by atoms with Crippen molar-refractivity contribution in [2.45, 2.75) is 33.2 Å². The van der Waals surface area contributed by atoms with Crippen LogP contribution in [0.3, 0.4) is 0 Å². The lowest BCUT2D eigenvalue weighted by atomic mass is 10.1. The van der Waals surface area contributed by atoms with Gasteiger partial charge in [-0.15, -0.1) is 0 Å². The van der Waals surface area contributed by atoms with Crippen LogP contribution in [-0.4, -0.2) is 22.4 Å². The number of hydrogen-bond donors (Lipinski definition) is 0. The first-order valence-corrected chi connectivity index (χ1v) is 7.17. The van der Waals surface area contributed by atoms with Crippen molar-refractivity contribution >= 4 is 17.0 Å². The number of carbonyl (C=O) groups excluding carboxylic acids is 1. The second-order valence-corrected chi connectivity index (χ2v) is 5.19. The minimum atomic E-state index is 0.155. The van der Waals surface area contributed by atoms with Gasteiger partial charge in [0.2, 0.25) is 0 Å². The number of amides is 1. The number of nitrogens with zero attached hydrogens (tertiary/aromatic N) is 1. The van der Waals surface area contributed by atoms with Gasteiger partial charge in [0.1, 0.15) is 0 Å². The molecule has 0 bridgehead atoms. The average molecular weight is 251 g/mol. The first kappa shape index (κ1) is 14.1. The normalized spacial score (nSPS) is 12.2. The van der Waals surface area contributed by atoms with E-state index < -0.39 is 0 Å². The molecule has 0 aliphatic carbocycles. The highest BCUT2D eigenvalue weighted by Crippen LogP contribution is 2.23. The number of thioether (sulfide) groups is 1. The first-order chi connectivity index (χ1) is 8.20. The minimum absolute atomic E-state index is 0.155. The molecule has 0 aliphatic rings. The van der Waals surface area contributed by atoms with E-state index >= 15 is 0 Å². The molecule has 0 saturated heterocycles. The van der Waals surface area contributed by atoms with Crippen LogP contribution in [-0.2, 0) is 0 Å². The molecule has 3 heteroatoms. The number of rotatable bonds is 5. The molecule has 1 unspecified atom stereocenters. The van der Waals surface area contributed by atoms with Gasteiger partial charge < -0.3 is 4.90 Å². The molecule has 1 amide bonds. The standard InChI is InChI=1S/C14H21NOS/c1-4-11-15(14(16)17-5-2)12(3)13-9-7-6-8-10-13/h6-10,12H,4-5,11H2,1-3H3. The highest BCUT2D eigenvalue weighted by Gasteiger charge is 2.20. The molecule has 1 rings (SSSR count). The van der Waals surface area contributed by atoms with Crippen LogP contribution in [0, 0.1) is 0 Å². The third-order valence-electron chi connectivity index (χ3n) is 2.72. The zero-order valence-corrected chi connectivity index (χ0v) is 11.7. The van der Waals surface area contributed by atoms with Crippen LogP contribution in [0.4, 0.5) is 4.79 Å². The molecule has 0 aromatic heterocycles. The van der Waals surface area contributed by atoms with E-state index in [0.29, 0.717) is 0 Å². The van der Waals surface area contributed by atoms with Crippen LogP contribution in [0.5, 0.6) is 0 Å². The van der Waals surface area contributed by atoms with Gasteiger partial charge in [-0.1, -0.05) is 55.9 Å². The maximum Gasteiger partial charge on any atom is 0.282 e. The maximum absolute atomic E-state index is 12.0. The lowest BCUT2D eigenvalue weighted by Gasteiger charge is -2.28. The summed E-state index contributed by atoms with van der Waals surface area (Å²) in [6.45, 7) is 7.04. The fraction of sp³-hybridized carbons (Fsp3) is 0.500. The van der Waals surface area contributed by atoms with Crippen molar-refractivity contribution in [3.63, 3.8) is 0 Å². The Morgan fingerprint density at radius 3 is 2.47 bits per heavy atom. The largest absolute Gasteiger partial charge is 0.327 e. The molecule has 0 N–H and O–H groups in total. The van der Waals surface area contributed by atoms with Crippen LogP contribution in [0.25, 0.3) is 0 Å². The summed E-state index contributed by atoms with van der Waals surface area (Å²) in [5, 5.41) is 0.186. The summed E-state index contributed by atoms with van der Waals surface area (Å²) in [7, 11) is 0. The van der Waals surface area contributed by atoms with Crippen molar-refractivity contribution in [2.75, 3.05) is 12.3 Å². The molecule has 1 atom stereocenters. The summed E-state index contributed by atoms with van der Waals surface area (Å²) < 4.78 is 0. The summed E-state index contributed by atoms with van der Waals surface area (Å²) >= 11 is 1.39. The molecular weight excluding hydrogens is 230 g/mol. The molecule has 94 valence electrons. The Bertz CT molecular complexity index is 339. The quantitative estimate of drug-likeness (QED) is 0.776. The third-order valence-corrected chi connectivity index (χ3v) is 3.49. The van der Waals surface area contributed by atoms with Crippen molar-refractivity contribution in [3.05, 3.63) is 35.9 Å². The van der Waals surface area contributed by atoms with Crippen molar-refractivity contribution in [3.8, 4) is 0 Å². The predicted molar refractivity (Wildman–Crippen MR) is 75.4 cm³/mol. The lowest BCUT2D eigenvalue weighted by Crippen LogP contribution is -2.31. The molecule has 0 radical (unpaired) electrons. The summed E-state index contributed by atoms with van der Waals surface area (Å²) in [5.74, 6) is 0.834. The summed E-state index contributed by atoms with van der Waals surface area (Å²) in [6.07, 6.45) is 0.993. The minimum Gasteiger partial charge on any atom is -0.327 e. The van der Waals surface area contributed by atoms with E-state index in [1.807, 2.05) is 30.0 Å². The molecule has 0 spiro atoms. The highest BCUT2D eigenvalue weighted by molar-refractivity contribution is 8.13. The second kappa shape index (κ2) is 7.38. The number of hydrogen-bond acceptors (Lipinski definition) is 2. The summed E-state index contributed by atoms with van der Waals surface area (Å²) in [6, 6.07) is 10.4. The summed E-state index contributed by atoms with van der Waals surface area (Å²) in [5.41, 5.74) is 1.20. The van der Waals surface area contributed by atoms with Crippen LogP contribution in [0.2, 0.25) is 0 Å². The molecular formula is C14H21NOS. The topological polar surface area (TPSA) is 20.3 Å². The monoisotopic (exact) mass is 251 g/mol. The van der Waals surface area contributed by atoms with Crippen LogP contribution in [0.15, 0.2) is 30.3 Å². The Hall–Kier alpha value is -0.960. The van der Waals surface area contributed by atoms with Gasteiger partial charge in [0.25, 0.3) is 5.24 Å². The van der Waals surface area contributed by atoms with E-state index in [2.05, 4.69) is 26.0 Å². The molecule has 1 aromatic carbocycles. The van der Waals surface area contributed by atoms with Crippen LogP contribution >= 0.6 is 11.8 Å². The molecule has 0 fully saturated rings. The predicted octanol–water partition coefficient (Wildman–Crippen LogP) is 4.33. The van der Waals surface area contributed by atoms with Gasteiger partial charge in [0.15, 0.2) is 0 Å². The van der Waals surface area contributed by atoms with E-state index in [0.717, 1.165) is 18.7 Å². The number of benzene rings is 1. The summed E-state index contributed by atoms with van der Waals surface area (Å²) in [4.78, 5) is 14.0. The SMILES string of the molecule is CCCN(C(=O)SCC)C(C)c1ccccc1. The molecule has 0 heterocycles. The maximum atomic E-state index is 12.0. The second-order valence-electron chi connectivity index (χ2n) is 3.98. The molecule has 1 aromatic rings. The van der Waals surface area contributed by atoms with E-state index in [4.69, 9.17) is 0 Å². The van der Waals surface area contributed by atoms with E-state index in [1.165, 1.54) is 17.3 Å². The van der Waals surface area contributed by atoms with Crippen molar-refractivity contribution < 1.29 is 4.79 Å². The molecule has 2 nitrogen and oxygen atoms in total. The van der Waals surface area contributed by atoms with Crippen molar-refractivity contribution in [1.29, 1.82) is 0 Å². The Labute approximate surface area is 108 Å². The van der Waals surface area contributed by atoms with Crippen molar-refractivity contribution in [1.82, 2.24) is 4.90 Å². The van der Waals surface area contributed by atoms with Gasteiger partial charge >= 0.3 is 0 Å². The van der Waals surface area contributed by atoms with Crippen LogP contribution in [0.1, 0.15) is 38.8 Å². The zero-order chi connectivity index (χ0) is 12.7. The molecule has 17 heavy (non-hydrogen) atoms. The van der Waals surface area contributed by atoms with E-state index in [1.54, 1.807) is 0 Å². The molecule has 0 saturated carbocycles. The van der Waals surface area contributed by atoms with Crippen molar-refractivity contribution in [2.24, 2.45) is 0 Å². The van der Waals surface area contributed by atoms with Gasteiger partial charge in [0.05, 0.1) is 6.04 Å². The smallest absolute Gasteiger partial charge is 0.282 e. The van der Waals surface area contributed by atoms with Crippen LogP contribution < -0.4 is 0 Å². The number of carbonyl (C=O) groups is 1. The Kier molecular flexibility index (Phi) is 6.12. The lowest BCUT2D eigenvalue weighted by molar-refractivity contribution is 0.204. The fourth-order valence-corrected chi connectivity index (χ4v) is 2.46.